The van der Waals surface area contributed by atoms with Crippen molar-refractivity contribution in [3.05, 3.63) is 42.0 Å². The molecule has 0 radical (unpaired) electrons. The summed E-state index contributed by atoms with van der Waals surface area (Å²) in [6.07, 6.45) is 2.34. The van der Waals surface area contributed by atoms with Gasteiger partial charge in [-0.1, -0.05) is 36.4 Å². The highest BCUT2D eigenvalue weighted by Gasteiger charge is 2.02. The minimum absolute atomic E-state index is 0.0112. The molecular weight excluding hydrogens is 186 g/mol. The van der Waals surface area contributed by atoms with Crippen molar-refractivity contribution in [1.29, 1.82) is 0 Å². The predicted octanol–water partition coefficient (Wildman–Crippen LogP) is 2.99. The van der Waals surface area contributed by atoms with Crippen molar-refractivity contribution < 1.29 is 4.79 Å². The molecule has 0 heterocycles. The number of aliphatic imine (C=N–C) groups is 1. The van der Waals surface area contributed by atoms with Gasteiger partial charge in [-0.15, -0.1) is 0 Å². The Morgan fingerprint density at radius 3 is 2.93 bits per heavy atom. The first-order chi connectivity index (χ1) is 7.13. The number of benzene rings is 1. The summed E-state index contributed by atoms with van der Waals surface area (Å²) in [4.78, 5) is 13.7. The summed E-state index contributed by atoms with van der Waals surface area (Å²) in [6, 6.07) is 8.13. The fourth-order valence-electron chi connectivity index (χ4n) is 1.44. The summed E-state index contributed by atoms with van der Waals surface area (Å²) >= 11 is 0. The summed E-state index contributed by atoms with van der Waals surface area (Å²) in [6.45, 7) is 7.78. The smallest absolute Gasteiger partial charge is 0.211 e. The van der Waals surface area contributed by atoms with Crippen molar-refractivity contribution in [2.75, 3.05) is 0 Å². The van der Waals surface area contributed by atoms with Gasteiger partial charge in [0, 0.05) is 0 Å². The second-order valence-corrected chi connectivity index (χ2v) is 3.75. The number of isocyanates is 1. The topological polar surface area (TPSA) is 29.4 Å². The molecule has 78 valence electrons. The van der Waals surface area contributed by atoms with Crippen LogP contribution in [-0.4, -0.2) is 12.1 Å². The Labute approximate surface area is 90.4 Å². The van der Waals surface area contributed by atoms with E-state index in [4.69, 9.17) is 0 Å². The minimum atomic E-state index is -0.0112. The van der Waals surface area contributed by atoms with Gasteiger partial charge in [0.2, 0.25) is 6.08 Å². The Morgan fingerprint density at radius 1 is 1.60 bits per heavy atom. The van der Waals surface area contributed by atoms with Crippen LogP contribution in [0, 0.1) is 0 Å². The molecular formula is C13H15NO. The molecule has 1 unspecified atom stereocenters. The maximum atomic E-state index is 10.1. The molecule has 0 fully saturated rings. The molecule has 0 aliphatic heterocycles. The highest BCUT2D eigenvalue weighted by atomic mass is 16.1. The molecule has 2 heteroatoms. The molecule has 1 atom stereocenters. The van der Waals surface area contributed by atoms with E-state index in [0.29, 0.717) is 0 Å². The zero-order valence-electron chi connectivity index (χ0n) is 9.16. The zero-order chi connectivity index (χ0) is 11.3. The molecule has 0 spiro atoms. The molecule has 1 aromatic rings. The molecule has 0 N–H and O–H groups in total. The van der Waals surface area contributed by atoms with Crippen LogP contribution in [0.3, 0.4) is 0 Å². The highest BCUT2D eigenvalue weighted by Crippen LogP contribution is 2.14. The molecule has 1 rings (SSSR count). The number of carbonyl (C=O) groups excluding carboxylic acids is 1. The Hall–Kier alpha value is -1.66. The number of hydrogen-bond donors (Lipinski definition) is 0. The van der Waals surface area contributed by atoms with E-state index in [1.165, 1.54) is 5.56 Å². The maximum absolute atomic E-state index is 10.1. The van der Waals surface area contributed by atoms with Crippen LogP contribution in [0.25, 0.3) is 5.57 Å². The van der Waals surface area contributed by atoms with Gasteiger partial charge in [0.05, 0.1) is 6.04 Å². The van der Waals surface area contributed by atoms with Crippen molar-refractivity contribution in [2.45, 2.75) is 26.3 Å². The van der Waals surface area contributed by atoms with E-state index < -0.39 is 0 Å². The van der Waals surface area contributed by atoms with E-state index in [1.54, 1.807) is 6.08 Å². The first-order valence-electron chi connectivity index (χ1n) is 4.95. The van der Waals surface area contributed by atoms with Crippen LogP contribution in [0.1, 0.15) is 25.0 Å². The summed E-state index contributed by atoms with van der Waals surface area (Å²) in [5.74, 6) is 0. The second-order valence-electron chi connectivity index (χ2n) is 3.75. The minimum Gasteiger partial charge on any atom is -0.211 e. The Bertz CT molecular complexity index is 403. The van der Waals surface area contributed by atoms with Gasteiger partial charge in [-0.05, 0) is 31.4 Å². The lowest BCUT2D eigenvalue weighted by Gasteiger charge is -2.06. The van der Waals surface area contributed by atoms with Crippen LogP contribution in [0.5, 0.6) is 0 Å². The van der Waals surface area contributed by atoms with Crippen LogP contribution >= 0.6 is 0 Å². The van der Waals surface area contributed by atoms with Crippen LogP contribution in [0.15, 0.2) is 35.8 Å². The highest BCUT2D eigenvalue weighted by molar-refractivity contribution is 5.61. The Kier molecular flexibility index (Phi) is 4.02. The van der Waals surface area contributed by atoms with Gasteiger partial charge in [0.25, 0.3) is 0 Å². The van der Waals surface area contributed by atoms with E-state index in [0.717, 1.165) is 17.6 Å². The lowest BCUT2D eigenvalue weighted by Crippen LogP contribution is -2.02. The average Bonchev–Trinajstić information content (AvgIpc) is 2.18. The molecule has 0 amide bonds. The number of rotatable bonds is 4. The standard InChI is InChI=1S/C13H15NO/c1-10(2)13-6-4-5-12(8-13)7-11(3)14-9-15/h4-6,8,11H,1,7H2,2-3H3. The third kappa shape index (κ3) is 3.53. The van der Waals surface area contributed by atoms with Crippen LogP contribution in [0.4, 0.5) is 0 Å². The lowest BCUT2D eigenvalue weighted by molar-refractivity contribution is 0.558. The van der Waals surface area contributed by atoms with Crippen molar-refractivity contribution in [3.63, 3.8) is 0 Å². The second kappa shape index (κ2) is 5.28. The van der Waals surface area contributed by atoms with Crippen molar-refractivity contribution >= 4 is 11.7 Å². The Morgan fingerprint density at radius 2 is 2.33 bits per heavy atom. The fraction of sp³-hybridized carbons (Fsp3) is 0.308. The normalized spacial score (nSPS) is 11.6. The lowest BCUT2D eigenvalue weighted by atomic mass is 10.0. The molecule has 0 aliphatic rings. The van der Waals surface area contributed by atoms with E-state index in [2.05, 4.69) is 17.6 Å². The first-order valence-corrected chi connectivity index (χ1v) is 4.95. The third-order valence-corrected chi connectivity index (χ3v) is 2.22. The molecule has 15 heavy (non-hydrogen) atoms. The molecule has 0 bridgehead atoms. The zero-order valence-corrected chi connectivity index (χ0v) is 9.16. The molecule has 2 nitrogen and oxygen atoms in total. The van der Waals surface area contributed by atoms with E-state index in [9.17, 15) is 4.79 Å². The van der Waals surface area contributed by atoms with Gasteiger partial charge in [0.15, 0.2) is 0 Å². The van der Waals surface area contributed by atoms with Gasteiger partial charge < -0.3 is 0 Å². The van der Waals surface area contributed by atoms with Crippen LogP contribution in [-0.2, 0) is 11.2 Å². The van der Waals surface area contributed by atoms with Crippen LogP contribution < -0.4 is 0 Å². The van der Waals surface area contributed by atoms with E-state index in [1.807, 2.05) is 32.0 Å². The number of allylic oxidation sites excluding steroid dienone is 1. The molecule has 1 aromatic carbocycles. The van der Waals surface area contributed by atoms with Crippen molar-refractivity contribution in [3.8, 4) is 0 Å². The summed E-state index contributed by atoms with van der Waals surface area (Å²) in [5, 5.41) is 0. The first kappa shape index (κ1) is 11.4. The van der Waals surface area contributed by atoms with Gasteiger partial charge in [-0.25, -0.2) is 9.79 Å². The quantitative estimate of drug-likeness (QED) is 0.544. The summed E-state index contributed by atoms with van der Waals surface area (Å²) in [5.41, 5.74) is 3.35. The summed E-state index contributed by atoms with van der Waals surface area (Å²) in [7, 11) is 0. The van der Waals surface area contributed by atoms with Crippen LogP contribution in [0.2, 0.25) is 0 Å². The SMILES string of the molecule is C=C(C)c1cccc(CC(C)N=C=O)c1. The molecule has 0 saturated heterocycles. The molecule has 0 aromatic heterocycles. The monoisotopic (exact) mass is 201 g/mol. The average molecular weight is 201 g/mol. The van der Waals surface area contributed by atoms with Crippen molar-refractivity contribution in [1.82, 2.24) is 0 Å². The number of nitrogens with zero attached hydrogens (tertiary/aromatic N) is 1. The largest absolute Gasteiger partial charge is 0.235 e. The number of hydrogen-bond acceptors (Lipinski definition) is 2. The van der Waals surface area contributed by atoms with Gasteiger partial charge >= 0.3 is 0 Å². The Balaban J connectivity index is 2.82. The predicted molar refractivity (Wildman–Crippen MR) is 62.4 cm³/mol. The van der Waals surface area contributed by atoms with Gasteiger partial charge in [-0.3, -0.25) is 0 Å². The van der Waals surface area contributed by atoms with Crippen molar-refractivity contribution in [2.24, 2.45) is 4.99 Å². The summed E-state index contributed by atoms with van der Waals surface area (Å²) < 4.78 is 0. The maximum Gasteiger partial charge on any atom is 0.235 e. The molecule has 0 saturated carbocycles. The fourth-order valence-corrected chi connectivity index (χ4v) is 1.44. The van der Waals surface area contributed by atoms with Gasteiger partial charge in [-0.2, -0.15) is 0 Å². The van der Waals surface area contributed by atoms with E-state index in [-0.39, 0.29) is 6.04 Å². The third-order valence-electron chi connectivity index (χ3n) is 2.22. The van der Waals surface area contributed by atoms with Gasteiger partial charge in [0.1, 0.15) is 0 Å². The molecule has 0 aliphatic carbocycles. The van der Waals surface area contributed by atoms with E-state index >= 15 is 0 Å².